The Labute approximate surface area is 392 Å². The molecule has 20 nitrogen and oxygen atoms in total. The van der Waals surface area contributed by atoms with Gasteiger partial charge in [0.2, 0.25) is 35.4 Å². The number of carboxylic acid groups (broad SMARTS) is 1. The number of primary amides is 1. The van der Waals surface area contributed by atoms with Gasteiger partial charge in [-0.3, -0.25) is 38.1 Å². The number of carbonyl (C=O) groups excluding carboxylic acids is 6. The van der Waals surface area contributed by atoms with Crippen LogP contribution < -0.4 is 41.8 Å². The smallest absolute Gasteiger partial charge is 0.446 e. The third kappa shape index (κ3) is 18.7. The molecule has 0 fully saturated rings. The van der Waals surface area contributed by atoms with Crippen LogP contribution in [0.2, 0.25) is 0 Å². The molecule has 0 saturated heterocycles. The van der Waals surface area contributed by atoms with Crippen molar-refractivity contribution in [3.8, 4) is 5.75 Å². The Morgan fingerprint density at radius 1 is 0.701 bits per heavy atom. The first-order valence-electron chi connectivity index (χ1n) is 21.5. The third-order valence-electron chi connectivity index (χ3n) is 10.4. The Kier molecular flexibility index (Phi) is 21.1. The van der Waals surface area contributed by atoms with E-state index >= 15 is 0 Å². The number of hydrogen-bond acceptors (Lipinski definition) is 12. The highest BCUT2D eigenvalue weighted by atomic mass is 32.3. The van der Waals surface area contributed by atoms with Gasteiger partial charge in [-0.1, -0.05) is 67.1 Å². The Morgan fingerprint density at radius 2 is 1.30 bits per heavy atom. The molecule has 1 aromatic heterocycles. The number of para-hydroxylation sites is 1. The predicted octanol–water partition coefficient (Wildman–Crippen LogP) is 1.29. The van der Waals surface area contributed by atoms with Crippen LogP contribution in [-0.2, 0) is 63.2 Å². The molecule has 11 N–H and O–H groups in total. The van der Waals surface area contributed by atoms with E-state index in [1.54, 1.807) is 36.5 Å². The van der Waals surface area contributed by atoms with Gasteiger partial charge in [0, 0.05) is 43.4 Å². The molecule has 0 saturated carbocycles. The first kappa shape index (κ1) is 53.1. The second-order valence-corrected chi connectivity index (χ2v) is 17.7. The first-order chi connectivity index (χ1) is 31.9. The molecule has 4 rings (SSSR count). The van der Waals surface area contributed by atoms with E-state index in [4.69, 9.17) is 10.3 Å². The number of aliphatic carboxylic acids is 1. The van der Waals surface area contributed by atoms with Crippen LogP contribution in [0.5, 0.6) is 5.75 Å². The molecular formula is C45H58N8O12S2. The highest BCUT2D eigenvalue weighted by Crippen LogP contribution is 2.20. The maximum atomic E-state index is 14.1. The molecule has 67 heavy (non-hydrogen) atoms. The molecule has 5 atom stereocenters. The summed E-state index contributed by atoms with van der Waals surface area (Å²) in [5, 5.41) is 27.1. The Balaban J connectivity index is 1.38. The van der Waals surface area contributed by atoms with E-state index in [1.807, 2.05) is 30.5 Å². The quantitative estimate of drug-likeness (QED) is 0.0271. The van der Waals surface area contributed by atoms with Crippen molar-refractivity contribution >= 4 is 74.5 Å². The van der Waals surface area contributed by atoms with Gasteiger partial charge in [0.1, 0.15) is 29.9 Å². The fraction of sp³-hybridized carbons (Fsp3) is 0.400. The molecule has 0 spiro atoms. The van der Waals surface area contributed by atoms with E-state index in [2.05, 4.69) is 41.1 Å². The molecule has 0 unspecified atom stereocenters. The monoisotopic (exact) mass is 966 g/mol. The molecule has 22 heteroatoms. The van der Waals surface area contributed by atoms with Crippen LogP contribution in [0.25, 0.3) is 10.9 Å². The minimum atomic E-state index is -4.71. The summed E-state index contributed by atoms with van der Waals surface area (Å²) < 4.78 is 35.3. The lowest BCUT2D eigenvalue weighted by Crippen LogP contribution is -2.58. The largest absolute Gasteiger partial charge is 0.481 e. The number of fused-ring (bicyclic) bond motifs is 1. The van der Waals surface area contributed by atoms with Gasteiger partial charge >= 0.3 is 16.4 Å². The molecular weight excluding hydrogens is 909 g/mol. The summed E-state index contributed by atoms with van der Waals surface area (Å²) in [6.07, 6.45) is 5.07. The lowest BCUT2D eigenvalue weighted by atomic mass is 10.0. The number of amides is 6. The molecule has 6 amide bonds. The van der Waals surface area contributed by atoms with Gasteiger partial charge in [-0.05, 0) is 79.1 Å². The Morgan fingerprint density at radius 3 is 1.96 bits per heavy atom. The van der Waals surface area contributed by atoms with Crippen LogP contribution in [0.3, 0.4) is 0 Å². The van der Waals surface area contributed by atoms with Crippen molar-refractivity contribution in [1.82, 2.24) is 36.9 Å². The number of carbonyl (C=O) groups is 7. The van der Waals surface area contributed by atoms with Crippen LogP contribution in [0, 0.1) is 0 Å². The van der Waals surface area contributed by atoms with E-state index in [9.17, 15) is 47.1 Å². The number of rotatable bonds is 29. The number of H-pyrrole nitrogens is 1. The minimum Gasteiger partial charge on any atom is -0.481 e. The van der Waals surface area contributed by atoms with Crippen molar-refractivity contribution < 1.29 is 55.8 Å². The number of hydrogen-bond donors (Lipinski definition) is 10. The van der Waals surface area contributed by atoms with Crippen LogP contribution in [0.1, 0.15) is 55.7 Å². The number of unbranched alkanes of at least 4 members (excludes halogenated alkanes) is 2. The summed E-state index contributed by atoms with van der Waals surface area (Å²) >= 11 is 1.42. The number of nitrogens with one attached hydrogen (secondary N) is 7. The Hall–Kier alpha value is -6.49. The molecule has 3 aromatic carbocycles. The van der Waals surface area contributed by atoms with Gasteiger partial charge in [-0.25, -0.2) is 0 Å². The highest BCUT2D eigenvalue weighted by Gasteiger charge is 2.32. The summed E-state index contributed by atoms with van der Waals surface area (Å²) in [5.41, 5.74) is 8.56. The van der Waals surface area contributed by atoms with Crippen LogP contribution >= 0.6 is 11.8 Å². The molecule has 0 aliphatic carbocycles. The average Bonchev–Trinajstić information content (AvgIpc) is 3.68. The van der Waals surface area contributed by atoms with Crippen molar-refractivity contribution in [2.75, 3.05) is 25.1 Å². The van der Waals surface area contributed by atoms with Crippen molar-refractivity contribution in [1.29, 1.82) is 0 Å². The number of thioether (sulfide) groups is 1. The molecule has 0 radical (unpaired) electrons. The van der Waals surface area contributed by atoms with Gasteiger partial charge in [0.15, 0.2) is 0 Å². The topological polar surface area (TPSA) is 317 Å². The number of benzene rings is 3. The number of aromatic nitrogens is 1. The summed E-state index contributed by atoms with van der Waals surface area (Å²) in [6, 6.07) is 16.2. The van der Waals surface area contributed by atoms with Crippen LogP contribution in [0.4, 0.5) is 0 Å². The summed E-state index contributed by atoms with van der Waals surface area (Å²) in [6.45, 7) is 1.92. The van der Waals surface area contributed by atoms with Gasteiger partial charge < -0.3 is 51.9 Å². The maximum Gasteiger partial charge on any atom is 0.446 e. The van der Waals surface area contributed by atoms with Crippen molar-refractivity contribution in [2.45, 2.75) is 88.5 Å². The highest BCUT2D eigenvalue weighted by molar-refractivity contribution is 7.98. The number of nitrogens with two attached hydrogens (primary N) is 1. The first-order valence-corrected chi connectivity index (χ1v) is 24.2. The second-order valence-electron chi connectivity index (χ2n) is 15.7. The lowest BCUT2D eigenvalue weighted by Gasteiger charge is -2.26. The van der Waals surface area contributed by atoms with Gasteiger partial charge in [0.25, 0.3) is 0 Å². The zero-order valence-electron chi connectivity index (χ0n) is 37.1. The Bertz CT molecular complexity index is 2420. The van der Waals surface area contributed by atoms with E-state index in [0.29, 0.717) is 42.7 Å². The van der Waals surface area contributed by atoms with Gasteiger partial charge in [-0.2, -0.15) is 20.2 Å². The predicted molar refractivity (Wildman–Crippen MR) is 251 cm³/mol. The normalized spacial score (nSPS) is 13.5. The van der Waals surface area contributed by atoms with Crippen molar-refractivity contribution in [2.24, 2.45) is 5.73 Å². The SMILES string of the molecule is CSCC[C@H](NC(=O)[C@H](Cc1c[nH]c2ccccc12)NCCCCCNC(=O)[C@H](Cc1ccc(OS(=O)(=O)O)cc1)NC(C)=O)C(=O)N[C@@H](CC(=O)O)C(=O)N[C@@H](Cc1ccccc1)C(N)=O. The fourth-order valence-electron chi connectivity index (χ4n) is 7.09. The minimum absolute atomic E-state index is 0.0332. The number of aromatic amines is 1. The molecule has 362 valence electrons. The zero-order valence-corrected chi connectivity index (χ0v) is 38.8. The zero-order chi connectivity index (χ0) is 48.9. The van der Waals surface area contributed by atoms with Crippen molar-refractivity contribution in [3.05, 3.63) is 102 Å². The summed E-state index contributed by atoms with van der Waals surface area (Å²) in [5.74, 6) is -5.05. The maximum absolute atomic E-state index is 14.1. The fourth-order valence-corrected chi connectivity index (χ4v) is 7.91. The summed E-state index contributed by atoms with van der Waals surface area (Å²) in [4.78, 5) is 93.8. The number of carboxylic acids is 1. The van der Waals surface area contributed by atoms with Crippen LogP contribution in [0.15, 0.2) is 85.1 Å². The van der Waals surface area contributed by atoms with Crippen LogP contribution in [-0.4, -0.2) is 120 Å². The van der Waals surface area contributed by atoms with Gasteiger partial charge in [-0.15, -0.1) is 0 Å². The molecule has 0 aliphatic heterocycles. The average molecular weight is 967 g/mol. The molecule has 0 bridgehead atoms. The standard InChI is InChI=1S/C45H58N8O12S2/c1-28(54)50-38(24-30-15-17-32(18-16-30)65-67(62,63)64)42(58)48-21-10-4-9-20-47-37(25-31-27-49-34-14-8-7-13-33(31)34)44(60)51-35(19-22-66-2)43(59)53-39(26-40(55)56)45(61)52-36(41(46)57)23-29-11-5-3-6-12-29/h3,5-8,11-18,27,35-39,47,49H,4,9-10,19-26H2,1-2H3,(H2,46,57)(H,48,58)(H,50,54)(H,51,60)(H,52,61)(H,53,59)(H,55,56)(H,62,63,64)/t35-,36-,37-,38-,39-/m0/s1. The molecule has 0 aliphatic rings. The summed E-state index contributed by atoms with van der Waals surface area (Å²) in [7, 11) is -4.71. The second kappa shape index (κ2) is 26.6. The third-order valence-corrected chi connectivity index (χ3v) is 11.5. The van der Waals surface area contributed by atoms with Crippen molar-refractivity contribution in [3.63, 3.8) is 0 Å². The van der Waals surface area contributed by atoms with E-state index in [0.717, 1.165) is 16.5 Å². The van der Waals surface area contributed by atoms with E-state index in [1.165, 1.54) is 43.0 Å². The van der Waals surface area contributed by atoms with E-state index < -0.39 is 88.4 Å². The lowest BCUT2D eigenvalue weighted by molar-refractivity contribution is -0.141. The molecule has 1 heterocycles. The van der Waals surface area contributed by atoms with Gasteiger partial charge in [0.05, 0.1) is 12.5 Å². The molecule has 4 aromatic rings. The van der Waals surface area contributed by atoms with E-state index in [-0.39, 0.29) is 38.0 Å².